The molecular weight excluding hydrogens is 414 g/mol. The number of hydrogen-bond acceptors (Lipinski definition) is 5. The molecule has 1 aliphatic carbocycles. The highest BCUT2D eigenvalue weighted by Gasteiger charge is 2.49. The van der Waals surface area contributed by atoms with Crippen molar-refractivity contribution in [1.29, 1.82) is 0 Å². The lowest BCUT2D eigenvalue weighted by atomic mass is 9.73. The van der Waals surface area contributed by atoms with Gasteiger partial charge in [0.2, 0.25) is 11.0 Å². The van der Waals surface area contributed by atoms with Crippen molar-refractivity contribution in [1.82, 2.24) is 10.2 Å². The van der Waals surface area contributed by atoms with E-state index in [9.17, 15) is 9.90 Å². The van der Waals surface area contributed by atoms with Crippen LogP contribution < -0.4 is 5.32 Å². The molecule has 3 aromatic rings. The number of halogens is 1. The van der Waals surface area contributed by atoms with Gasteiger partial charge in [-0.05, 0) is 54.3 Å². The molecule has 4 rings (SSSR count). The Kier molecular flexibility index (Phi) is 4.28. The number of benzene rings is 2. The van der Waals surface area contributed by atoms with E-state index in [1.807, 2.05) is 37.3 Å². The van der Waals surface area contributed by atoms with Crippen molar-refractivity contribution < 1.29 is 9.90 Å². The summed E-state index contributed by atoms with van der Waals surface area (Å²) in [5.41, 5.74) is 3.99. The molecule has 0 bridgehead atoms. The molecule has 7 heteroatoms. The van der Waals surface area contributed by atoms with E-state index in [1.165, 1.54) is 11.3 Å². The van der Waals surface area contributed by atoms with Gasteiger partial charge in [0.1, 0.15) is 11.3 Å². The minimum atomic E-state index is -0.699. The number of phenols is 1. The number of rotatable bonds is 3. The Morgan fingerprint density at radius 2 is 2.08 bits per heavy atom. The second-order valence-electron chi connectivity index (χ2n) is 6.66. The molecule has 2 aromatic carbocycles. The summed E-state index contributed by atoms with van der Waals surface area (Å²) in [6, 6.07) is 13.3. The molecule has 26 heavy (non-hydrogen) atoms. The second kappa shape index (κ2) is 6.48. The molecule has 1 aliphatic rings. The summed E-state index contributed by atoms with van der Waals surface area (Å²) in [7, 11) is 0. The van der Waals surface area contributed by atoms with Crippen LogP contribution in [0.2, 0.25) is 0 Å². The number of anilines is 1. The molecule has 0 aliphatic heterocycles. The van der Waals surface area contributed by atoms with Gasteiger partial charge >= 0.3 is 0 Å². The number of hydrogen-bond donors (Lipinski definition) is 2. The highest BCUT2D eigenvalue weighted by Crippen LogP contribution is 2.52. The summed E-state index contributed by atoms with van der Waals surface area (Å²) in [6.45, 7) is 1.97. The van der Waals surface area contributed by atoms with Crippen molar-refractivity contribution in [3.63, 3.8) is 0 Å². The summed E-state index contributed by atoms with van der Waals surface area (Å²) in [5.74, 6) is -0.0527. The van der Waals surface area contributed by atoms with Crippen LogP contribution in [0.1, 0.15) is 29.5 Å². The van der Waals surface area contributed by atoms with Crippen LogP contribution in [0, 0.1) is 5.41 Å². The van der Waals surface area contributed by atoms with Crippen molar-refractivity contribution in [3.05, 3.63) is 69.1 Å². The van der Waals surface area contributed by atoms with E-state index in [0.717, 1.165) is 21.2 Å². The monoisotopic (exact) mass is 429 g/mol. The Balaban J connectivity index is 1.79. The number of nitrogens with zero attached hydrogens (tertiary/aromatic N) is 2. The number of phenolic OH excluding ortho intramolecular Hbond substituents is 1. The summed E-state index contributed by atoms with van der Waals surface area (Å²) in [6.07, 6.45) is 0.591. The Morgan fingerprint density at radius 1 is 1.31 bits per heavy atom. The summed E-state index contributed by atoms with van der Waals surface area (Å²) >= 11 is 4.76. The van der Waals surface area contributed by atoms with Gasteiger partial charge in [-0.2, -0.15) is 0 Å². The molecule has 0 radical (unpaired) electrons. The SMILES string of the molecule is C[C@@]1(C(=O)Nc2nncs2)Cc2ccc(O)cc2[C@@H]1c1ccc(Br)cc1. The zero-order chi connectivity index (χ0) is 18.3. The van der Waals surface area contributed by atoms with Crippen LogP contribution in [0.4, 0.5) is 5.13 Å². The zero-order valence-corrected chi connectivity index (χ0v) is 16.3. The summed E-state index contributed by atoms with van der Waals surface area (Å²) < 4.78 is 0.982. The lowest BCUT2D eigenvalue weighted by Crippen LogP contribution is -2.37. The van der Waals surface area contributed by atoms with Crippen LogP contribution >= 0.6 is 27.3 Å². The van der Waals surface area contributed by atoms with Gasteiger partial charge in [0.25, 0.3) is 0 Å². The maximum atomic E-state index is 13.2. The zero-order valence-electron chi connectivity index (χ0n) is 13.9. The van der Waals surface area contributed by atoms with E-state index < -0.39 is 5.41 Å². The molecular formula is C19H16BrN3O2S. The van der Waals surface area contributed by atoms with E-state index in [0.29, 0.717) is 11.6 Å². The van der Waals surface area contributed by atoms with Crippen molar-refractivity contribution >= 4 is 38.3 Å². The van der Waals surface area contributed by atoms with Gasteiger partial charge in [-0.25, -0.2) is 0 Å². The molecule has 0 unspecified atom stereocenters. The molecule has 0 saturated carbocycles. The standard InChI is InChI=1S/C19H16BrN3O2S/c1-19(17(25)22-18-23-21-10-26-18)9-12-4-7-14(24)8-15(12)16(19)11-2-5-13(20)6-3-11/h2-8,10,16,24H,9H2,1H3,(H,22,23,25)/t16-,19+/m0/s1. The first-order valence-electron chi connectivity index (χ1n) is 8.12. The van der Waals surface area contributed by atoms with Gasteiger partial charge in [-0.1, -0.05) is 45.5 Å². The van der Waals surface area contributed by atoms with Gasteiger partial charge in [0.15, 0.2) is 0 Å². The van der Waals surface area contributed by atoms with E-state index in [1.54, 1.807) is 17.6 Å². The minimum Gasteiger partial charge on any atom is -0.508 e. The second-order valence-corrected chi connectivity index (χ2v) is 8.41. The van der Waals surface area contributed by atoms with Gasteiger partial charge in [-0.15, -0.1) is 10.2 Å². The molecule has 0 fully saturated rings. The van der Waals surface area contributed by atoms with Crippen molar-refractivity contribution in [2.24, 2.45) is 5.41 Å². The molecule has 0 saturated heterocycles. The number of carbonyl (C=O) groups is 1. The third-order valence-corrected chi connectivity index (χ3v) is 6.07. The Labute approximate surface area is 163 Å². The van der Waals surface area contributed by atoms with Gasteiger partial charge in [0.05, 0.1) is 5.41 Å². The van der Waals surface area contributed by atoms with E-state index in [-0.39, 0.29) is 17.6 Å². The largest absolute Gasteiger partial charge is 0.508 e. The predicted molar refractivity (Wildman–Crippen MR) is 104 cm³/mol. The first-order chi connectivity index (χ1) is 12.5. The number of aromatic hydroxyl groups is 1. The quantitative estimate of drug-likeness (QED) is 0.649. The summed E-state index contributed by atoms with van der Waals surface area (Å²) in [5, 5.41) is 21.1. The fourth-order valence-electron chi connectivity index (χ4n) is 3.73. The number of aromatic nitrogens is 2. The fourth-order valence-corrected chi connectivity index (χ4v) is 4.44. The van der Waals surface area contributed by atoms with Crippen molar-refractivity contribution in [2.75, 3.05) is 5.32 Å². The smallest absolute Gasteiger partial charge is 0.233 e. The number of fused-ring (bicyclic) bond motifs is 1. The maximum Gasteiger partial charge on any atom is 0.233 e. The number of nitrogens with one attached hydrogen (secondary N) is 1. The van der Waals surface area contributed by atoms with Crippen LogP contribution in [-0.4, -0.2) is 21.2 Å². The first kappa shape index (κ1) is 17.2. The van der Waals surface area contributed by atoms with Gasteiger partial charge in [-0.3, -0.25) is 4.79 Å². The molecule has 0 spiro atoms. The number of amides is 1. The minimum absolute atomic E-state index is 0.0992. The maximum absolute atomic E-state index is 13.2. The van der Waals surface area contributed by atoms with Crippen molar-refractivity contribution in [3.8, 4) is 5.75 Å². The molecule has 1 amide bonds. The molecule has 2 atom stereocenters. The Morgan fingerprint density at radius 3 is 2.77 bits per heavy atom. The van der Waals surface area contributed by atoms with E-state index in [4.69, 9.17) is 0 Å². The van der Waals surface area contributed by atoms with Crippen LogP contribution in [0.5, 0.6) is 5.75 Å². The summed E-state index contributed by atoms with van der Waals surface area (Å²) in [4.78, 5) is 13.2. The third kappa shape index (κ3) is 2.91. The topological polar surface area (TPSA) is 75.1 Å². The average Bonchev–Trinajstić information content (AvgIpc) is 3.22. The molecule has 2 N–H and O–H groups in total. The third-order valence-electron chi connectivity index (χ3n) is 4.94. The van der Waals surface area contributed by atoms with Crippen LogP contribution in [0.25, 0.3) is 0 Å². The molecule has 5 nitrogen and oxygen atoms in total. The fraction of sp³-hybridized carbons (Fsp3) is 0.211. The molecule has 1 heterocycles. The van der Waals surface area contributed by atoms with Crippen LogP contribution in [0.15, 0.2) is 52.4 Å². The van der Waals surface area contributed by atoms with Crippen molar-refractivity contribution in [2.45, 2.75) is 19.3 Å². The van der Waals surface area contributed by atoms with Crippen LogP contribution in [-0.2, 0) is 11.2 Å². The Hall–Kier alpha value is -2.25. The van der Waals surface area contributed by atoms with Gasteiger partial charge in [0, 0.05) is 10.4 Å². The highest BCUT2D eigenvalue weighted by atomic mass is 79.9. The highest BCUT2D eigenvalue weighted by molar-refractivity contribution is 9.10. The van der Waals surface area contributed by atoms with E-state index in [2.05, 4.69) is 31.4 Å². The van der Waals surface area contributed by atoms with Crippen LogP contribution in [0.3, 0.4) is 0 Å². The normalized spacial score (nSPS) is 21.4. The lowest BCUT2D eigenvalue weighted by Gasteiger charge is -2.30. The average molecular weight is 430 g/mol. The number of carbonyl (C=O) groups excluding carboxylic acids is 1. The Bertz CT molecular complexity index is 959. The lowest BCUT2D eigenvalue weighted by molar-refractivity contribution is -0.125. The molecule has 132 valence electrons. The molecule has 1 aromatic heterocycles. The predicted octanol–water partition coefficient (Wildman–Crippen LogP) is 4.34. The first-order valence-corrected chi connectivity index (χ1v) is 9.79. The van der Waals surface area contributed by atoms with Gasteiger partial charge < -0.3 is 10.4 Å². The van der Waals surface area contributed by atoms with E-state index >= 15 is 0 Å².